The third-order valence-electron chi connectivity index (χ3n) is 7.04. The SMILES string of the molecule is Cc1ccc(S(=O)(=O)N2CCN(C(=O)NCC3CCCN(Cc4ccccc4)C3)CC2)cc1C. The Labute approximate surface area is 203 Å². The number of amides is 2. The Balaban J connectivity index is 1.24. The van der Waals surface area contributed by atoms with Gasteiger partial charge in [0.15, 0.2) is 0 Å². The van der Waals surface area contributed by atoms with E-state index in [1.54, 1.807) is 17.0 Å². The molecule has 2 aromatic rings. The van der Waals surface area contributed by atoms with Crippen LogP contribution in [0.4, 0.5) is 4.79 Å². The number of carbonyl (C=O) groups excluding carboxylic acids is 1. The van der Waals surface area contributed by atoms with Gasteiger partial charge in [0, 0.05) is 45.8 Å². The molecular formula is C26H36N4O3S. The molecule has 1 N–H and O–H groups in total. The van der Waals surface area contributed by atoms with Crippen LogP contribution in [0.5, 0.6) is 0 Å². The highest BCUT2D eigenvalue weighted by atomic mass is 32.2. The van der Waals surface area contributed by atoms with E-state index in [9.17, 15) is 13.2 Å². The van der Waals surface area contributed by atoms with Crippen LogP contribution in [0.2, 0.25) is 0 Å². The number of nitrogens with one attached hydrogen (secondary N) is 1. The Hall–Kier alpha value is -2.42. The lowest BCUT2D eigenvalue weighted by molar-refractivity contribution is 0.152. The highest BCUT2D eigenvalue weighted by Crippen LogP contribution is 2.21. The van der Waals surface area contributed by atoms with Crippen LogP contribution < -0.4 is 5.32 Å². The average Bonchev–Trinajstić information content (AvgIpc) is 2.85. The first-order chi connectivity index (χ1) is 16.3. The number of carbonyl (C=O) groups is 1. The summed E-state index contributed by atoms with van der Waals surface area (Å²) >= 11 is 0. The van der Waals surface area contributed by atoms with Crippen molar-refractivity contribution in [2.75, 3.05) is 45.8 Å². The van der Waals surface area contributed by atoms with Crippen LogP contribution in [-0.2, 0) is 16.6 Å². The zero-order chi connectivity index (χ0) is 24.1. The molecule has 8 heteroatoms. The number of sulfonamides is 1. The Morgan fingerprint density at radius 3 is 2.41 bits per heavy atom. The number of aryl methyl sites for hydroxylation is 2. The van der Waals surface area contributed by atoms with Crippen LogP contribution in [0.1, 0.15) is 29.5 Å². The van der Waals surface area contributed by atoms with Gasteiger partial charge in [-0.3, -0.25) is 4.90 Å². The number of hydrogen-bond donors (Lipinski definition) is 1. The maximum absolute atomic E-state index is 13.0. The zero-order valence-corrected chi connectivity index (χ0v) is 21.1. The molecule has 2 fully saturated rings. The van der Waals surface area contributed by atoms with Gasteiger partial charge >= 0.3 is 6.03 Å². The molecule has 2 heterocycles. The third kappa shape index (κ3) is 5.98. The van der Waals surface area contributed by atoms with Crippen molar-refractivity contribution in [3.63, 3.8) is 0 Å². The van der Waals surface area contributed by atoms with Crippen molar-refractivity contribution in [1.82, 2.24) is 19.4 Å². The molecule has 0 saturated carbocycles. The van der Waals surface area contributed by atoms with Crippen molar-refractivity contribution in [1.29, 1.82) is 0 Å². The number of piperidine rings is 1. The first-order valence-corrected chi connectivity index (χ1v) is 13.6. The van der Waals surface area contributed by atoms with Crippen LogP contribution in [0, 0.1) is 19.8 Å². The van der Waals surface area contributed by atoms with Crippen molar-refractivity contribution in [3.05, 3.63) is 65.2 Å². The van der Waals surface area contributed by atoms with Crippen LogP contribution in [0.3, 0.4) is 0 Å². The van der Waals surface area contributed by atoms with E-state index in [4.69, 9.17) is 0 Å². The largest absolute Gasteiger partial charge is 0.338 e. The molecule has 2 aliphatic heterocycles. The topological polar surface area (TPSA) is 73.0 Å². The minimum atomic E-state index is -3.54. The summed E-state index contributed by atoms with van der Waals surface area (Å²) in [6.45, 7) is 9.01. The molecule has 7 nitrogen and oxygen atoms in total. The average molecular weight is 485 g/mol. The van der Waals surface area contributed by atoms with Gasteiger partial charge in [0.2, 0.25) is 10.0 Å². The number of nitrogens with zero attached hydrogens (tertiary/aromatic N) is 3. The van der Waals surface area contributed by atoms with Crippen LogP contribution in [0.25, 0.3) is 0 Å². The van der Waals surface area contributed by atoms with E-state index in [0.29, 0.717) is 43.5 Å². The number of urea groups is 1. The van der Waals surface area contributed by atoms with E-state index < -0.39 is 10.0 Å². The molecular weight excluding hydrogens is 448 g/mol. The highest BCUT2D eigenvalue weighted by molar-refractivity contribution is 7.89. The Kier molecular flexibility index (Phi) is 7.91. The number of likely N-dealkylation sites (tertiary alicyclic amines) is 1. The van der Waals surface area contributed by atoms with Gasteiger partial charge < -0.3 is 10.2 Å². The summed E-state index contributed by atoms with van der Waals surface area (Å²) in [6.07, 6.45) is 2.26. The molecule has 1 unspecified atom stereocenters. The summed E-state index contributed by atoms with van der Waals surface area (Å²) in [5, 5.41) is 3.10. The molecule has 2 aliphatic rings. The quantitative estimate of drug-likeness (QED) is 0.683. The number of hydrogen-bond acceptors (Lipinski definition) is 4. The molecule has 1 atom stereocenters. The van der Waals surface area contributed by atoms with Gasteiger partial charge in [-0.25, -0.2) is 13.2 Å². The van der Waals surface area contributed by atoms with Crippen molar-refractivity contribution >= 4 is 16.1 Å². The van der Waals surface area contributed by atoms with Gasteiger partial charge in [0.25, 0.3) is 0 Å². The van der Waals surface area contributed by atoms with Crippen LogP contribution in [0.15, 0.2) is 53.4 Å². The summed E-state index contributed by atoms with van der Waals surface area (Å²) < 4.78 is 27.5. The molecule has 2 amide bonds. The maximum atomic E-state index is 13.0. The normalized spacial score (nSPS) is 20.3. The second-order valence-corrected chi connectivity index (χ2v) is 11.5. The summed E-state index contributed by atoms with van der Waals surface area (Å²) in [5.41, 5.74) is 3.35. The standard InChI is InChI=1S/C26H36N4O3S/c1-21-10-11-25(17-22(21)2)34(32,33)30-15-13-29(14-16-30)26(31)27-18-24-9-6-12-28(20-24)19-23-7-4-3-5-8-23/h3-5,7-8,10-11,17,24H,6,9,12-16,18-20H2,1-2H3,(H,27,31). The second-order valence-electron chi connectivity index (χ2n) is 9.55. The molecule has 0 bridgehead atoms. The maximum Gasteiger partial charge on any atom is 0.317 e. The van der Waals surface area contributed by atoms with E-state index in [-0.39, 0.29) is 6.03 Å². The Morgan fingerprint density at radius 1 is 0.971 bits per heavy atom. The monoisotopic (exact) mass is 484 g/mol. The van der Waals surface area contributed by atoms with E-state index in [1.807, 2.05) is 26.0 Å². The molecule has 4 rings (SSSR count). The van der Waals surface area contributed by atoms with Crippen molar-refractivity contribution < 1.29 is 13.2 Å². The minimum Gasteiger partial charge on any atom is -0.338 e. The lowest BCUT2D eigenvalue weighted by Gasteiger charge is -2.35. The first kappa shape index (κ1) is 24.7. The fourth-order valence-electron chi connectivity index (χ4n) is 4.80. The van der Waals surface area contributed by atoms with Gasteiger partial charge in [0.05, 0.1) is 4.90 Å². The fourth-order valence-corrected chi connectivity index (χ4v) is 6.31. The number of benzene rings is 2. The number of rotatable bonds is 6. The first-order valence-electron chi connectivity index (χ1n) is 12.2. The van der Waals surface area contributed by atoms with Crippen LogP contribution in [-0.4, -0.2) is 74.4 Å². The van der Waals surface area contributed by atoms with Crippen molar-refractivity contribution in [2.45, 2.75) is 38.1 Å². The van der Waals surface area contributed by atoms with E-state index in [2.05, 4.69) is 34.5 Å². The summed E-state index contributed by atoms with van der Waals surface area (Å²) in [6, 6.07) is 15.7. The zero-order valence-electron chi connectivity index (χ0n) is 20.2. The molecule has 34 heavy (non-hydrogen) atoms. The van der Waals surface area contributed by atoms with Crippen molar-refractivity contribution in [2.24, 2.45) is 5.92 Å². The lowest BCUT2D eigenvalue weighted by Crippen LogP contribution is -2.54. The third-order valence-corrected chi connectivity index (χ3v) is 8.93. The number of piperazine rings is 1. The molecule has 0 spiro atoms. The fraction of sp³-hybridized carbons (Fsp3) is 0.500. The van der Waals surface area contributed by atoms with Gasteiger partial charge in [-0.2, -0.15) is 4.31 Å². The van der Waals surface area contributed by atoms with Gasteiger partial charge in [-0.05, 0) is 68.0 Å². The van der Waals surface area contributed by atoms with Crippen LogP contribution >= 0.6 is 0 Å². The molecule has 2 aromatic carbocycles. The van der Waals surface area contributed by atoms with Gasteiger partial charge in [-0.1, -0.05) is 36.4 Å². The Morgan fingerprint density at radius 2 is 1.71 bits per heavy atom. The predicted molar refractivity (Wildman–Crippen MR) is 134 cm³/mol. The predicted octanol–water partition coefficient (Wildman–Crippen LogP) is 3.23. The molecule has 0 aliphatic carbocycles. The summed E-state index contributed by atoms with van der Waals surface area (Å²) in [5.74, 6) is 0.438. The van der Waals surface area contributed by atoms with E-state index in [1.165, 1.54) is 9.87 Å². The summed E-state index contributed by atoms with van der Waals surface area (Å²) in [7, 11) is -3.54. The van der Waals surface area contributed by atoms with Gasteiger partial charge in [-0.15, -0.1) is 0 Å². The summed E-state index contributed by atoms with van der Waals surface area (Å²) in [4.78, 5) is 17.3. The molecule has 184 valence electrons. The molecule has 0 radical (unpaired) electrons. The molecule has 0 aromatic heterocycles. The van der Waals surface area contributed by atoms with Crippen molar-refractivity contribution in [3.8, 4) is 0 Å². The van der Waals surface area contributed by atoms with Gasteiger partial charge in [0.1, 0.15) is 0 Å². The lowest BCUT2D eigenvalue weighted by atomic mass is 9.97. The van der Waals surface area contributed by atoms with E-state index >= 15 is 0 Å². The van der Waals surface area contributed by atoms with E-state index in [0.717, 1.165) is 43.6 Å². The Bertz CT molecular complexity index is 1080. The second kappa shape index (κ2) is 10.9. The highest BCUT2D eigenvalue weighted by Gasteiger charge is 2.30. The molecule has 2 saturated heterocycles. The minimum absolute atomic E-state index is 0.0941. The smallest absolute Gasteiger partial charge is 0.317 e.